The minimum Gasteiger partial charge on any atom is -0.459 e. The van der Waals surface area contributed by atoms with Crippen molar-refractivity contribution < 1.29 is 18.7 Å². The van der Waals surface area contributed by atoms with Crippen LogP contribution in [0.5, 0.6) is 0 Å². The van der Waals surface area contributed by atoms with E-state index in [0.717, 1.165) is 0 Å². The summed E-state index contributed by atoms with van der Waals surface area (Å²) in [6.07, 6.45) is 1.16. The van der Waals surface area contributed by atoms with Crippen molar-refractivity contribution in [2.75, 3.05) is 5.32 Å². The highest BCUT2D eigenvalue weighted by Crippen LogP contribution is 2.19. The fourth-order valence-corrected chi connectivity index (χ4v) is 1.83. The smallest absolute Gasteiger partial charge is 0.338 e. The molecule has 0 saturated heterocycles. The number of benzene rings is 1. The molecule has 6 heteroatoms. The lowest BCUT2D eigenvalue weighted by Crippen LogP contribution is -2.13. The summed E-state index contributed by atoms with van der Waals surface area (Å²) < 4.78 is 9.93. The van der Waals surface area contributed by atoms with Crippen molar-refractivity contribution in [2.45, 2.75) is 20.0 Å². The average Bonchev–Trinajstić information content (AvgIpc) is 2.85. The Kier molecular flexibility index (Phi) is 4.65. The summed E-state index contributed by atoms with van der Waals surface area (Å²) in [5.41, 5.74) is 1.21. The predicted molar refractivity (Wildman–Crippen MR) is 78.7 cm³/mol. The van der Waals surface area contributed by atoms with Crippen molar-refractivity contribution in [2.24, 2.45) is 0 Å². The highest BCUT2D eigenvalue weighted by Gasteiger charge is 2.14. The van der Waals surface area contributed by atoms with E-state index in [0.29, 0.717) is 11.3 Å². The molecular weight excluding hydrogens is 294 g/mol. The number of hydrogen-bond acceptors (Lipinski definition) is 4. The summed E-state index contributed by atoms with van der Waals surface area (Å²) in [6.45, 7) is 3.56. The van der Waals surface area contributed by atoms with Crippen LogP contribution in [-0.2, 0) is 4.74 Å². The highest BCUT2D eigenvalue weighted by atomic mass is 35.5. The second kappa shape index (κ2) is 6.45. The zero-order chi connectivity index (χ0) is 15.4. The fraction of sp³-hybridized carbons (Fsp3) is 0.200. The standard InChI is InChI=1S/C15H14ClNO4/c1-9(2)21-15(19)10-3-5-11(6-4-10)17-14(18)12-7-8-20-13(12)16/h3-9H,1-2H3,(H,17,18). The number of carbonyl (C=O) groups is 2. The Bertz CT molecular complexity index is 646. The first kappa shape index (κ1) is 15.1. The summed E-state index contributed by atoms with van der Waals surface area (Å²) in [4.78, 5) is 23.6. The first-order valence-electron chi connectivity index (χ1n) is 6.32. The zero-order valence-electron chi connectivity index (χ0n) is 11.6. The number of halogens is 1. The Morgan fingerprint density at radius 3 is 2.38 bits per heavy atom. The molecule has 1 N–H and O–H groups in total. The summed E-state index contributed by atoms with van der Waals surface area (Å²) in [5.74, 6) is -0.785. The van der Waals surface area contributed by atoms with Gasteiger partial charge in [0.15, 0.2) is 0 Å². The zero-order valence-corrected chi connectivity index (χ0v) is 12.3. The van der Waals surface area contributed by atoms with Gasteiger partial charge in [-0.2, -0.15) is 0 Å². The van der Waals surface area contributed by atoms with Crippen molar-refractivity contribution >= 4 is 29.2 Å². The van der Waals surface area contributed by atoms with Gasteiger partial charge in [-0.1, -0.05) is 0 Å². The van der Waals surface area contributed by atoms with Crippen LogP contribution in [0, 0.1) is 0 Å². The number of ether oxygens (including phenoxy) is 1. The van der Waals surface area contributed by atoms with Gasteiger partial charge in [-0.25, -0.2) is 4.79 Å². The molecule has 1 amide bonds. The minimum atomic E-state index is -0.402. The van der Waals surface area contributed by atoms with Gasteiger partial charge >= 0.3 is 5.97 Å². The molecule has 5 nitrogen and oxygen atoms in total. The second-order valence-electron chi connectivity index (χ2n) is 4.59. The molecule has 2 rings (SSSR count). The van der Waals surface area contributed by atoms with Gasteiger partial charge < -0.3 is 14.5 Å². The van der Waals surface area contributed by atoms with Crippen molar-refractivity contribution in [3.05, 3.63) is 52.9 Å². The van der Waals surface area contributed by atoms with Gasteiger partial charge in [0, 0.05) is 5.69 Å². The van der Waals surface area contributed by atoms with E-state index in [9.17, 15) is 9.59 Å². The number of anilines is 1. The van der Waals surface area contributed by atoms with Gasteiger partial charge in [-0.15, -0.1) is 0 Å². The van der Waals surface area contributed by atoms with E-state index in [1.165, 1.54) is 12.3 Å². The third-order valence-corrected chi connectivity index (χ3v) is 2.88. The largest absolute Gasteiger partial charge is 0.459 e. The number of rotatable bonds is 4. The maximum absolute atomic E-state index is 11.9. The Balaban J connectivity index is 2.04. The van der Waals surface area contributed by atoms with Gasteiger partial charge in [0.05, 0.1) is 23.5 Å². The summed E-state index contributed by atoms with van der Waals surface area (Å²) in [6, 6.07) is 7.87. The van der Waals surface area contributed by atoms with Crippen LogP contribution in [0.3, 0.4) is 0 Å². The normalized spacial score (nSPS) is 10.5. The monoisotopic (exact) mass is 307 g/mol. The maximum Gasteiger partial charge on any atom is 0.338 e. The van der Waals surface area contributed by atoms with Crippen LogP contribution in [-0.4, -0.2) is 18.0 Å². The van der Waals surface area contributed by atoms with Crippen molar-refractivity contribution in [1.82, 2.24) is 0 Å². The van der Waals surface area contributed by atoms with Crippen molar-refractivity contribution in [1.29, 1.82) is 0 Å². The van der Waals surface area contributed by atoms with Crippen LogP contribution in [0.15, 0.2) is 41.0 Å². The molecule has 0 aliphatic carbocycles. The quantitative estimate of drug-likeness (QED) is 0.873. The van der Waals surface area contributed by atoms with Crippen LogP contribution >= 0.6 is 11.6 Å². The van der Waals surface area contributed by atoms with Gasteiger partial charge in [-0.3, -0.25) is 4.79 Å². The molecule has 0 spiro atoms. The third kappa shape index (κ3) is 3.86. The molecule has 0 fully saturated rings. The molecule has 0 unspecified atom stereocenters. The van der Waals surface area contributed by atoms with E-state index < -0.39 is 5.97 Å². The summed E-state index contributed by atoms with van der Waals surface area (Å²) in [7, 11) is 0. The Labute approximate surface area is 126 Å². The Hall–Kier alpha value is -2.27. The average molecular weight is 308 g/mol. The molecule has 0 atom stereocenters. The van der Waals surface area contributed by atoms with Crippen LogP contribution in [0.1, 0.15) is 34.6 Å². The van der Waals surface area contributed by atoms with Crippen LogP contribution < -0.4 is 5.32 Å². The first-order chi connectivity index (χ1) is 9.97. The molecule has 0 aliphatic heterocycles. The molecule has 0 bridgehead atoms. The van der Waals surface area contributed by atoms with E-state index >= 15 is 0 Å². The van der Waals surface area contributed by atoms with Gasteiger partial charge in [-0.05, 0) is 55.8 Å². The number of carbonyl (C=O) groups excluding carboxylic acids is 2. The molecule has 110 valence electrons. The van der Waals surface area contributed by atoms with E-state index in [1.54, 1.807) is 38.1 Å². The topological polar surface area (TPSA) is 68.5 Å². The third-order valence-electron chi connectivity index (χ3n) is 2.58. The lowest BCUT2D eigenvalue weighted by molar-refractivity contribution is 0.0378. The predicted octanol–water partition coefficient (Wildman–Crippen LogP) is 3.75. The summed E-state index contributed by atoms with van der Waals surface area (Å²) in [5, 5.41) is 2.69. The Morgan fingerprint density at radius 1 is 1.19 bits per heavy atom. The van der Waals surface area contributed by atoms with E-state index in [-0.39, 0.29) is 22.8 Å². The lowest BCUT2D eigenvalue weighted by Gasteiger charge is -2.08. The number of amides is 1. The molecule has 0 radical (unpaired) electrons. The molecule has 21 heavy (non-hydrogen) atoms. The van der Waals surface area contributed by atoms with Gasteiger partial charge in [0.1, 0.15) is 0 Å². The van der Waals surface area contributed by atoms with Gasteiger partial charge in [0.2, 0.25) is 5.22 Å². The first-order valence-corrected chi connectivity index (χ1v) is 6.70. The van der Waals surface area contributed by atoms with Crippen LogP contribution in [0.2, 0.25) is 5.22 Å². The van der Waals surface area contributed by atoms with E-state index in [2.05, 4.69) is 5.32 Å². The molecular formula is C15H14ClNO4. The van der Waals surface area contributed by atoms with Gasteiger partial charge in [0.25, 0.3) is 5.91 Å². The van der Waals surface area contributed by atoms with E-state index in [1.807, 2.05) is 0 Å². The molecule has 2 aromatic rings. The molecule has 0 aliphatic rings. The maximum atomic E-state index is 11.9. The number of esters is 1. The van der Waals surface area contributed by atoms with Crippen LogP contribution in [0.4, 0.5) is 5.69 Å². The number of nitrogens with one attached hydrogen (secondary N) is 1. The van der Waals surface area contributed by atoms with Crippen molar-refractivity contribution in [3.63, 3.8) is 0 Å². The highest BCUT2D eigenvalue weighted by molar-refractivity contribution is 6.32. The number of furan rings is 1. The molecule has 0 saturated carbocycles. The second-order valence-corrected chi connectivity index (χ2v) is 4.94. The summed E-state index contributed by atoms with van der Waals surface area (Å²) >= 11 is 5.73. The minimum absolute atomic E-state index is 0.0321. The molecule has 1 aromatic heterocycles. The van der Waals surface area contributed by atoms with Crippen molar-refractivity contribution in [3.8, 4) is 0 Å². The number of hydrogen-bond donors (Lipinski definition) is 1. The SMILES string of the molecule is CC(C)OC(=O)c1ccc(NC(=O)c2ccoc2Cl)cc1. The lowest BCUT2D eigenvalue weighted by atomic mass is 10.2. The Morgan fingerprint density at radius 2 is 1.86 bits per heavy atom. The molecule has 1 aromatic carbocycles. The van der Waals surface area contributed by atoms with Crippen LogP contribution in [0.25, 0.3) is 0 Å². The van der Waals surface area contributed by atoms with E-state index in [4.69, 9.17) is 20.8 Å². The molecule has 1 heterocycles. The fourth-order valence-electron chi connectivity index (χ4n) is 1.63.